The Morgan fingerprint density at radius 1 is 1.32 bits per heavy atom. The second-order valence-corrected chi connectivity index (χ2v) is 5.36. The summed E-state index contributed by atoms with van der Waals surface area (Å²) in [7, 11) is 2.10. The number of aromatic nitrogens is 1. The van der Waals surface area contributed by atoms with Crippen LogP contribution in [0.15, 0.2) is 18.3 Å². The Balaban J connectivity index is 0.00000288. The van der Waals surface area contributed by atoms with E-state index in [0.717, 1.165) is 38.4 Å². The van der Waals surface area contributed by atoms with Gasteiger partial charge in [0, 0.05) is 32.4 Å². The molecule has 0 spiro atoms. The van der Waals surface area contributed by atoms with Crippen LogP contribution in [0.5, 0.6) is 0 Å². The van der Waals surface area contributed by atoms with Crippen molar-refractivity contribution in [2.75, 3.05) is 51.3 Å². The van der Waals surface area contributed by atoms with Crippen LogP contribution in [-0.4, -0.2) is 67.3 Å². The normalized spacial score (nSPS) is 14.5. The number of carbonyl (C=O) groups is 1. The van der Waals surface area contributed by atoms with Gasteiger partial charge in [-0.3, -0.25) is 4.79 Å². The third-order valence-electron chi connectivity index (χ3n) is 3.64. The number of carbonyl (C=O) groups excluding carboxylic acids is 1. The number of nitrogens with zero attached hydrogens (tertiary/aromatic N) is 4. The van der Waals surface area contributed by atoms with Crippen LogP contribution in [0.4, 0.5) is 5.82 Å². The van der Waals surface area contributed by atoms with Gasteiger partial charge < -0.3 is 20.0 Å². The molecule has 1 saturated heterocycles. The number of halogens is 2. The van der Waals surface area contributed by atoms with E-state index in [1.54, 1.807) is 6.07 Å². The molecule has 9 nitrogen and oxygen atoms in total. The zero-order valence-electron chi connectivity index (χ0n) is 13.9. The minimum atomic E-state index is -0.888. The molecule has 1 aromatic heterocycles. The summed E-state index contributed by atoms with van der Waals surface area (Å²) >= 11 is 0. The van der Waals surface area contributed by atoms with Crippen LogP contribution in [0.25, 0.3) is 0 Å². The van der Waals surface area contributed by atoms with Crippen molar-refractivity contribution < 1.29 is 14.7 Å². The van der Waals surface area contributed by atoms with Crippen molar-refractivity contribution in [3.8, 4) is 0 Å². The molecule has 1 amide bonds. The lowest BCUT2D eigenvalue weighted by molar-refractivity contribution is -0.757. The van der Waals surface area contributed by atoms with Crippen LogP contribution in [0.3, 0.4) is 0 Å². The lowest BCUT2D eigenvalue weighted by atomic mass is 10.2. The second-order valence-electron chi connectivity index (χ2n) is 5.36. The lowest BCUT2D eigenvalue weighted by Crippen LogP contribution is -2.30. The van der Waals surface area contributed by atoms with Crippen molar-refractivity contribution in [3.05, 3.63) is 34.0 Å². The third-order valence-corrected chi connectivity index (χ3v) is 3.64. The smallest absolute Gasteiger partial charge is 0.294 e. The molecule has 1 fully saturated rings. The number of nitrogens with one attached hydrogen (secondary N) is 1. The van der Waals surface area contributed by atoms with Gasteiger partial charge in [0.2, 0.25) is 0 Å². The number of hydrogen-bond donors (Lipinski definition) is 1. The fraction of sp³-hybridized carbons (Fsp3) is 0.571. The first-order valence-corrected chi connectivity index (χ1v) is 7.51. The molecule has 25 heavy (non-hydrogen) atoms. The van der Waals surface area contributed by atoms with Crippen molar-refractivity contribution in [3.63, 3.8) is 0 Å². The number of pyridine rings is 1. The largest absolute Gasteiger partial charge is 0.355 e. The molecule has 0 saturated carbocycles. The Kier molecular flexibility index (Phi) is 10.8. The summed E-state index contributed by atoms with van der Waals surface area (Å²) in [6.07, 6.45) is 2.60. The van der Waals surface area contributed by atoms with Gasteiger partial charge in [-0.15, -0.1) is 34.9 Å². The van der Waals surface area contributed by atoms with E-state index in [1.807, 2.05) is 6.07 Å². The first kappa shape index (κ1) is 23.2. The summed E-state index contributed by atoms with van der Waals surface area (Å²) in [4.78, 5) is 34.9. The summed E-state index contributed by atoms with van der Waals surface area (Å²) in [5.74, 6) is 0.528. The van der Waals surface area contributed by atoms with Gasteiger partial charge in [-0.1, -0.05) is 0 Å². The van der Waals surface area contributed by atoms with E-state index in [9.17, 15) is 14.9 Å². The Bertz CT molecular complexity index is 547. The van der Waals surface area contributed by atoms with Gasteiger partial charge in [-0.25, -0.2) is 4.98 Å². The van der Waals surface area contributed by atoms with Crippen LogP contribution in [-0.2, 0) is 4.84 Å². The van der Waals surface area contributed by atoms with Gasteiger partial charge in [0.05, 0.1) is 5.56 Å². The molecule has 0 atom stereocenters. The zero-order valence-corrected chi connectivity index (χ0v) is 15.6. The molecule has 0 aromatic carbocycles. The van der Waals surface area contributed by atoms with Crippen molar-refractivity contribution in [2.24, 2.45) is 0 Å². The van der Waals surface area contributed by atoms with E-state index < -0.39 is 5.09 Å². The van der Waals surface area contributed by atoms with Crippen LogP contribution in [0.2, 0.25) is 0 Å². The Morgan fingerprint density at radius 3 is 2.72 bits per heavy atom. The number of anilines is 1. The monoisotopic (exact) mass is 395 g/mol. The molecule has 1 N–H and O–H groups in total. The van der Waals surface area contributed by atoms with Crippen molar-refractivity contribution in [2.45, 2.75) is 6.42 Å². The van der Waals surface area contributed by atoms with Gasteiger partial charge in [0.25, 0.3) is 11.0 Å². The Hall–Kier alpha value is -1.84. The van der Waals surface area contributed by atoms with Gasteiger partial charge in [-0.05, 0) is 32.1 Å². The van der Waals surface area contributed by atoms with Crippen LogP contribution < -0.4 is 10.2 Å². The molecule has 0 bridgehead atoms. The molecule has 11 heteroatoms. The SMILES string of the molecule is CN1CCCN(c2ccc(C(=O)NCCO[N+](=O)[O-])cn2)CC1.Cl.Cl. The zero-order chi connectivity index (χ0) is 16.7. The third kappa shape index (κ3) is 7.72. The summed E-state index contributed by atoms with van der Waals surface area (Å²) in [6.45, 7) is 3.81. The molecule has 1 aromatic rings. The second kappa shape index (κ2) is 11.7. The van der Waals surface area contributed by atoms with Gasteiger partial charge >= 0.3 is 0 Å². The summed E-state index contributed by atoms with van der Waals surface area (Å²) in [5.41, 5.74) is 0.418. The molecule has 2 heterocycles. The number of hydrogen-bond acceptors (Lipinski definition) is 7. The van der Waals surface area contributed by atoms with Crippen molar-refractivity contribution in [1.82, 2.24) is 15.2 Å². The molecule has 2 rings (SSSR count). The maximum Gasteiger partial charge on any atom is 0.294 e. The van der Waals surface area contributed by atoms with E-state index in [1.165, 1.54) is 6.20 Å². The summed E-state index contributed by atoms with van der Waals surface area (Å²) < 4.78 is 0. The highest BCUT2D eigenvalue weighted by molar-refractivity contribution is 5.94. The fourth-order valence-electron chi connectivity index (χ4n) is 2.37. The molecule has 1 aliphatic heterocycles. The van der Waals surface area contributed by atoms with Crippen LogP contribution in [0, 0.1) is 10.1 Å². The van der Waals surface area contributed by atoms with Crippen molar-refractivity contribution in [1.29, 1.82) is 0 Å². The van der Waals surface area contributed by atoms with E-state index in [0.29, 0.717) is 5.56 Å². The van der Waals surface area contributed by atoms with Crippen molar-refractivity contribution >= 4 is 36.5 Å². The molecule has 0 unspecified atom stereocenters. The van der Waals surface area contributed by atoms with Crippen LogP contribution in [0.1, 0.15) is 16.8 Å². The molecular weight excluding hydrogens is 373 g/mol. The molecule has 1 aliphatic rings. The quantitative estimate of drug-likeness (QED) is 0.435. The van der Waals surface area contributed by atoms with Gasteiger partial charge in [-0.2, -0.15) is 0 Å². The summed E-state index contributed by atoms with van der Waals surface area (Å²) in [5, 5.41) is 11.7. The minimum absolute atomic E-state index is 0. The molecule has 142 valence electrons. The molecule has 0 aliphatic carbocycles. The fourth-order valence-corrected chi connectivity index (χ4v) is 2.37. The maximum absolute atomic E-state index is 11.9. The van der Waals surface area contributed by atoms with E-state index in [-0.39, 0.29) is 43.9 Å². The average Bonchev–Trinajstić information content (AvgIpc) is 2.76. The van der Waals surface area contributed by atoms with E-state index in [2.05, 4.69) is 32.0 Å². The minimum Gasteiger partial charge on any atom is -0.355 e. The highest BCUT2D eigenvalue weighted by Crippen LogP contribution is 2.13. The standard InChI is InChI=1S/C14H21N5O4.2ClH/c1-17-6-2-7-18(9-8-17)13-4-3-12(11-16-13)14(20)15-5-10-23-19(21)22;;/h3-4,11H,2,5-10H2,1H3,(H,15,20);2*1H. The lowest BCUT2D eigenvalue weighted by Gasteiger charge is -2.21. The first-order chi connectivity index (χ1) is 11.1. The average molecular weight is 396 g/mol. The number of amides is 1. The maximum atomic E-state index is 11.9. The summed E-state index contributed by atoms with van der Waals surface area (Å²) in [6, 6.07) is 3.54. The van der Waals surface area contributed by atoms with Gasteiger partial charge in [0.15, 0.2) is 0 Å². The van der Waals surface area contributed by atoms with E-state index in [4.69, 9.17) is 0 Å². The first-order valence-electron chi connectivity index (χ1n) is 7.51. The Morgan fingerprint density at radius 2 is 2.08 bits per heavy atom. The Labute approximate surface area is 158 Å². The predicted molar refractivity (Wildman–Crippen MR) is 98.3 cm³/mol. The van der Waals surface area contributed by atoms with E-state index >= 15 is 0 Å². The van der Waals surface area contributed by atoms with Crippen LogP contribution >= 0.6 is 24.8 Å². The number of likely N-dealkylation sites (N-methyl/N-ethyl adjacent to an activating group) is 1. The topological polar surface area (TPSA) is 101 Å². The number of rotatable bonds is 6. The highest BCUT2D eigenvalue weighted by Gasteiger charge is 2.14. The predicted octanol–water partition coefficient (Wildman–Crippen LogP) is 1.01. The molecule has 0 radical (unpaired) electrons. The molecular formula is C14H23Cl2N5O4. The van der Waals surface area contributed by atoms with Gasteiger partial charge in [0.1, 0.15) is 12.4 Å². The highest BCUT2D eigenvalue weighted by atomic mass is 35.5.